The SMILES string of the molecule is CC(C)OC(=O)NCCCCC(N)=NO. The predicted octanol–water partition coefficient (Wildman–Crippen LogP) is 1.04. The lowest BCUT2D eigenvalue weighted by molar-refractivity contribution is 0.115. The normalized spacial score (nSPS) is 11.5. The molecular formula is C9H19N3O3. The number of alkyl carbamates (subject to hydrolysis) is 1. The van der Waals surface area contributed by atoms with E-state index in [2.05, 4.69) is 10.5 Å². The molecule has 0 rings (SSSR count). The molecule has 0 aromatic heterocycles. The van der Waals surface area contributed by atoms with Crippen LogP contribution >= 0.6 is 0 Å². The molecule has 0 spiro atoms. The number of nitrogens with zero attached hydrogens (tertiary/aromatic N) is 1. The zero-order valence-electron chi connectivity index (χ0n) is 9.19. The molecule has 0 saturated carbocycles. The Hall–Kier alpha value is -1.46. The summed E-state index contributed by atoms with van der Waals surface area (Å²) in [6, 6.07) is 0. The maximum Gasteiger partial charge on any atom is 0.407 e. The van der Waals surface area contributed by atoms with Crippen LogP contribution in [-0.4, -0.2) is 29.8 Å². The molecule has 6 nitrogen and oxygen atoms in total. The van der Waals surface area contributed by atoms with Crippen LogP contribution in [0.2, 0.25) is 0 Å². The van der Waals surface area contributed by atoms with Crippen molar-refractivity contribution in [3.63, 3.8) is 0 Å². The molecule has 0 aliphatic rings. The fourth-order valence-electron chi connectivity index (χ4n) is 0.927. The predicted molar refractivity (Wildman–Crippen MR) is 56.9 cm³/mol. The molecule has 0 atom stereocenters. The van der Waals surface area contributed by atoms with Gasteiger partial charge in [-0.25, -0.2) is 4.79 Å². The van der Waals surface area contributed by atoms with Crippen LogP contribution in [-0.2, 0) is 4.74 Å². The van der Waals surface area contributed by atoms with Crippen LogP contribution in [0.3, 0.4) is 0 Å². The topological polar surface area (TPSA) is 96.9 Å². The third kappa shape index (κ3) is 8.86. The summed E-state index contributed by atoms with van der Waals surface area (Å²) in [5.74, 6) is 0.208. The van der Waals surface area contributed by atoms with E-state index < -0.39 is 6.09 Å². The summed E-state index contributed by atoms with van der Waals surface area (Å²) in [6.45, 7) is 4.11. The smallest absolute Gasteiger partial charge is 0.407 e. The molecular weight excluding hydrogens is 198 g/mol. The van der Waals surface area contributed by atoms with Gasteiger partial charge >= 0.3 is 6.09 Å². The third-order valence-corrected chi connectivity index (χ3v) is 1.60. The van der Waals surface area contributed by atoms with Crippen LogP contribution in [0.25, 0.3) is 0 Å². The Bertz CT molecular complexity index is 217. The number of nitrogens with two attached hydrogens (primary N) is 1. The number of ether oxygens (including phenoxy) is 1. The molecule has 0 radical (unpaired) electrons. The number of hydrogen-bond donors (Lipinski definition) is 3. The van der Waals surface area contributed by atoms with Crippen molar-refractivity contribution in [1.82, 2.24) is 5.32 Å². The van der Waals surface area contributed by atoms with Crippen molar-refractivity contribution in [2.75, 3.05) is 6.54 Å². The number of carbonyl (C=O) groups is 1. The maximum atomic E-state index is 11.0. The first-order chi connectivity index (χ1) is 7.06. The highest BCUT2D eigenvalue weighted by molar-refractivity contribution is 5.79. The number of carbonyl (C=O) groups excluding carboxylic acids is 1. The highest BCUT2D eigenvalue weighted by Crippen LogP contribution is 1.94. The van der Waals surface area contributed by atoms with Crippen molar-refractivity contribution in [2.24, 2.45) is 10.9 Å². The molecule has 0 aromatic carbocycles. The second-order valence-electron chi connectivity index (χ2n) is 3.43. The Morgan fingerprint density at radius 2 is 2.20 bits per heavy atom. The van der Waals surface area contributed by atoms with Crippen LogP contribution in [0.4, 0.5) is 4.79 Å². The number of amides is 1. The van der Waals surface area contributed by atoms with Crippen molar-refractivity contribution in [2.45, 2.75) is 39.2 Å². The number of hydrogen-bond acceptors (Lipinski definition) is 4. The van der Waals surface area contributed by atoms with E-state index in [1.165, 1.54) is 0 Å². The van der Waals surface area contributed by atoms with Gasteiger partial charge in [0.15, 0.2) is 0 Å². The van der Waals surface area contributed by atoms with Crippen LogP contribution in [0.5, 0.6) is 0 Å². The van der Waals surface area contributed by atoms with Gasteiger partial charge in [-0.2, -0.15) is 0 Å². The summed E-state index contributed by atoms with van der Waals surface area (Å²) in [5, 5.41) is 13.7. The van der Waals surface area contributed by atoms with Crippen molar-refractivity contribution in [3.8, 4) is 0 Å². The summed E-state index contributed by atoms with van der Waals surface area (Å²) in [4.78, 5) is 11.0. The number of rotatable bonds is 6. The summed E-state index contributed by atoms with van der Waals surface area (Å²) < 4.78 is 4.86. The Morgan fingerprint density at radius 1 is 1.53 bits per heavy atom. The van der Waals surface area contributed by atoms with E-state index >= 15 is 0 Å². The Labute approximate surface area is 89.5 Å². The molecule has 0 aliphatic carbocycles. The van der Waals surface area contributed by atoms with Crippen LogP contribution < -0.4 is 11.1 Å². The highest BCUT2D eigenvalue weighted by Gasteiger charge is 2.03. The molecule has 0 saturated heterocycles. The van der Waals surface area contributed by atoms with Gasteiger partial charge in [-0.05, 0) is 26.7 Å². The fourth-order valence-corrected chi connectivity index (χ4v) is 0.927. The number of nitrogens with one attached hydrogen (secondary N) is 1. The number of unbranched alkanes of at least 4 members (excludes halogenated alkanes) is 1. The van der Waals surface area contributed by atoms with E-state index in [-0.39, 0.29) is 11.9 Å². The molecule has 0 aliphatic heterocycles. The molecule has 1 amide bonds. The van der Waals surface area contributed by atoms with E-state index in [1.54, 1.807) is 13.8 Å². The van der Waals surface area contributed by atoms with Gasteiger partial charge in [0, 0.05) is 13.0 Å². The van der Waals surface area contributed by atoms with Gasteiger partial charge in [-0.3, -0.25) is 0 Å². The van der Waals surface area contributed by atoms with Gasteiger partial charge in [0.2, 0.25) is 0 Å². The molecule has 4 N–H and O–H groups in total. The summed E-state index contributed by atoms with van der Waals surface area (Å²) >= 11 is 0. The molecule has 0 heterocycles. The van der Waals surface area contributed by atoms with E-state index in [0.717, 1.165) is 12.8 Å². The van der Waals surface area contributed by atoms with Crippen molar-refractivity contribution in [1.29, 1.82) is 0 Å². The second-order valence-corrected chi connectivity index (χ2v) is 3.43. The minimum Gasteiger partial charge on any atom is -0.447 e. The monoisotopic (exact) mass is 217 g/mol. The Balaban J connectivity index is 3.35. The third-order valence-electron chi connectivity index (χ3n) is 1.60. The van der Waals surface area contributed by atoms with Gasteiger partial charge in [0.25, 0.3) is 0 Å². The Morgan fingerprint density at radius 3 is 2.73 bits per heavy atom. The van der Waals surface area contributed by atoms with E-state index in [1.807, 2.05) is 0 Å². The largest absolute Gasteiger partial charge is 0.447 e. The number of oxime groups is 1. The lowest BCUT2D eigenvalue weighted by Crippen LogP contribution is -2.27. The first kappa shape index (κ1) is 13.5. The van der Waals surface area contributed by atoms with Gasteiger partial charge in [-0.1, -0.05) is 5.16 Å². The zero-order chi connectivity index (χ0) is 11.7. The van der Waals surface area contributed by atoms with E-state index in [4.69, 9.17) is 15.7 Å². The van der Waals surface area contributed by atoms with Crippen molar-refractivity contribution >= 4 is 11.9 Å². The van der Waals surface area contributed by atoms with Crippen LogP contribution in [0.1, 0.15) is 33.1 Å². The van der Waals surface area contributed by atoms with Gasteiger partial charge in [0.1, 0.15) is 5.84 Å². The first-order valence-electron chi connectivity index (χ1n) is 4.97. The van der Waals surface area contributed by atoms with Crippen LogP contribution in [0, 0.1) is 0 Å². The zero-order valence-corrected chi connectivity index (χ0v) is 9.19. The summed E-state index contributed by atoms with van der Waals surface area (Å²) in [6.07, 6.45) is 1.54. The fraction of sp³-hybridized carbons (Fsp3) is 0.778. The standard InChI is InChI=1S/C9H19N3O3/c1-7(2)15-9(13)11-6-4-3-5-8(10)12-14/h7,14H,3-6H2,1-2H3,(H2,10,12)(H,11,13). The second kappa shape index (κ2) is 7.90. The summed E-state index contributed by atoms with van der Waals surface area (Å²) in [7, 11) is 0. The van der Waals surface area contributed by atoms with E-state index in [9.17, 15) is 4.79 Å². The molecule has 0 aromatic rings. The lowest BCUT2D eigenvalue weighted by Gasteiger charge is -2.08. The minimum atomic E-state index is -0.409. The molecule has 0 unspecified atom stereocenters. The molecule has 0 bridgehead atoms. The van der Waals surface area contributed by atoms with Crippen LogP contribution in [0.15, 0.2) is 5.16 Å². The van der Waals surface area contributed by atoms with Gasteiger partial charge in [0.05, 0.1) is 6.10 Å². The molecule has 0 fully saturated rings. The van der Waals surface area contributed by atoms with Crippen molar-refractivity contribution < 1.29 is 14.7 Å². The van der Waals surface area contributed by atoms with Gasteiger partial charge < -0.3 is 21.0 Å². The average molecular weight is 217 g/mol. The summed E-state index contributed by atoms with van der Waals surface area (Å²) in [5.41, 5.74) is 5.27. The van der Waals surface area contributed by atoms with Gasteiger partial charge in [-0.15, -0.1) is 0 Å². The quantitative estimate of drug-likeness (QED) is 0.203. The average Bonchev–Trinajstić information content (AvgIpc) is 2.15. The maximum absolute atomic E-state index is 11.0. The molecule has 6 heteroatoms. The van der Waals surface area contributed by atoms with Crippen molar-refractivity contribution in [3.05, 3.63) is 0 Å². The molecule has 88 valence electrons. The number of amidine groups is 1. The minimum absolute atomic E-state index is 0.109. The van der Waals surface area contributed by atoms with E-state index in [0.29, 0.717) is 13.0 Å². The first-order valence-corrected chi connectivity index (χ1v) is 4.97. The highest BCUT2D eigenvalue weighted by atomic mass is 16.6. The Kier molecular flexibility index (Phi) is 7.13. The molecule has 15 heavy (non-hydrogen) atoms. The lowest BCUT2D eigenvalue weighted by atomic mass is 10.2.